The first kappa shape index (κ1) is 9.72. The highest BCUT2D eigenvalue weighted by molar-refractivity contribution is 7.98. The molecule has 0 aliphatic carbocycles. The van der Waals surface area contributed by atoms with Crippen molar-refractivity contribution in [3.8, 4) is 0 Å². The van der Waals surface area contributed by atoms with E-state index in [4.69, 9.17) is 4.18 Å². The molecule has 0 aromatic carbocycles. The zero-order valence-corrected chi connectivity index (χ0v) is 7.44. The highest BCUT2D eigenvalue weighted by atomic mass is 32.2. The van der Waals surface area contributed by atoms with Gasteiger partial charge in [-0.2, -0.15) is 0 Å². The monoisotopic (exact) mass is 159 g/mol. The van der Waals surface area contributed by atoms with Crippen molar-refractivity contribution < 1.29 is 4.18 Å². The largest absolute Gasteiger partial charge is 0.314 e. The molecule has 0 heterocycles. The number of hydrogen-bond acceptors (Lipinski definition) is 3. The third-order valence-electron chi connectivity index (χ3n) is 0.948. The van der Waals surface area contributed by atoms with Crippen LogP contribution >= 0.6 is 12.0 Å². The van der Waals surface area contributed by atoms with E-state index in [1.54, 1.807) is 20.4 Å². The van der Waals surface area contributed by atoms with Crippen molar-refractivity contribution in [1.29, 1.82) is 0 Å². The van der Waals surface area contributed by atoms with E-state index < -0.39 is 0 Å². The second kappa shape index (κ2) is 6.83. The first-order valence-corrected chi connectivity index (χ1v) is 3.91. The van der Waals surface area contributed by atoms with Gasteiger partial charge in [0.2, 0.25) is 0 Å². The molecular weight excluding hydrogens is 146 g/mol. The fourth-order valence-electron chi connectivity index (χ4n) is 0.469. The summed E-state index contributed by atoms with van der Waals surface area (Å²) in [4.78, 5) is 5.02. The van der Waals surface area contributed by atoms with E-state index in [0.29, 0.717) is 0 Å². The zero-order chi connectivity index (χ0) is 7.82. The molecule has 0 atom stereocenters. The Hall–Kier alpha value is -0.280. The van der Waals surface area contributed by atoms with Gasteiger partial charge in [0, 0.05) is 30.2 Å². The zero-order valence-electron chi connectivity index (χ0n) is 6.63. The number of allylic oxidation sites excluding steroid dienone is 2. The molecule has 10 heavy (non-hydrogen) atoms. The van der Waals surface area contributed by atoms with Crippen LogP contribution < -0.4 is 0 Å². The topological polar surface area (TPSA) is 21.6 Å². The second-order valence-electron chi connectivity index (χ2n) is 1.64. The van der Waals surface area contributed by atoms with Gasteiger partial charge in [0.1, 0.15) is 0 Å². The van der Waals surface area contributed by atoms with Gasteiger partial charge in [0.15, 0.2) is 0 Å². The summed E-state index contributed by atoms with van der Waals surface area (Å²) >= 11 is 1.39. The summed E-state index contributed by atoms with van der Waals surface area (Å²) in [5.74, 6) is 0. The quantitative estimate of drug-likeness (QED) is 0.463. The third kappa shape index (κ3) is 4.58. The fraction of sp³-hybridized carbons (Fsp3) is 0.571. The summed E-state index contributed by atoms with van der Waals surface area (Å²) in [5.41, 5.74) is 0. The fourth-order valence-corrected chi connectivity index (χ4v) is 0.918. The Kier molecular flexibility index (Phi) is 6.64. The van der Waals surface area contributed by atoms with Crippen LogP contribution in [0.3, 0.4) is 0 Å². The Bertz CT molecular complexity index is 132. The van der Waals surface area contributed by atoms with Crippen molar-refractivity contribution in [2.75, 3.05) is 14.2 Å². The highest BCUT2D eigenvalue weighted by Gasteiger charge is 1.90. The Morgan fingerprint density at radius 3 is 2.80 bits per heavy atom. The lowest BCUT2D eigenvalue weighted by Crippen LogP contribution is -1.76. The van der Waals surface area contributed by atoms with Crippen LogP contribution in [0.4, 0.5) is 0 Å². The van der Waals surface area contributed by atoms with Crippen LogP contribution in [0.5, 0.6) is 0 Å². The van der Waals surface area contributed by atoms with Crippen molar-refractivity contribution >= 4 is 18.3 Å². The summed E-state index contributed by atoms with van der Waals surface area (Å²) in [5, 5.41) is 0. The average Bonchev–Trinajstić information content (AvgIpc) is 1.98. The van der Waals surface area contributed by atoms with E-state index in [2.05, 4.69) is 11.9 Å². The molecule has 0 N–H and O–H groups in total. The minimum atomic E-state index is 0.991. The first-order valence-electron chi connectivity index (χ1n) is 3.17. The smallest absolute Gasteiger partial charge is 0.0508 e. The van der Waals surface area contributed by atoms with Crippen LogP contribution in [0, 0.1) is 0 Å². The Morgan fingerprint density at radius 1 is 1.70 bits per heavy atom. The number of rotatable bonds is 4. The summed E-state index contributed by atoms with van der Waals surface area (Å²) in [6.07, 6.45) is 4.71. The first-order chi connectivity index (χ1) is 4.85. The summed E-state index contributed by atoms with van der Waals surface area (Å²) < 4.78 is 4.88. The van der Waals surface area contributed by atoms with E-state index >= 15 is 0 Å². The van der Waals surface area contributed by atoms with Crippen LogP contribution in [0.1, 0.15) is 13.3 Å². The molecule has 0 aliphatic heterocycles. The third-order valence-corrected chi connectivity index (χ3v) is 1.75. The number of hydrogen-bond donors (Lipinski definition) is 0. The van der Waals surface area contributed by atoms with Crippen molar-refractivity contribution in [1.82, 2.24) is 0 Å². The lowest BCUT2D eigenvalue weighted by molar-refractivity contribution is 0.492. The normalized spacial score (nSPS) is 12.9. The molecule has 0 bridgehead atoms. The number of nitrogens with zero attached hydrogens (tertiary/aromatic N) is 1. The van der Waals surface area contributed by atoms with E-state index in [1.807, 2.05) is 6.08 Å². The highest BCUT2D eigenvalue weighted by Crippen LogP contribution is 2.17. The summed E-state index contributed by atoms with van der Waals surface area (Å²) in [7, 11) is 3.42. The van der Waals surface area contributed by atoms with Gasteiger partial charge in [-0.3, -0.25) is 4.99 Å². The maximum atomic E-state index is 4.88. The van der Waals surface area contributed by atoms with Crippen molar-refractivity contribution in [3.63, 3.8) is 0 Å². The van der Waals surface area contributed by atoms with Gasteiger partial charge < -0.3 is 4.18 Å². The molecular formula is C7H13NOS. The maximum Gasteiger partial charge on any atom is 0.0508 e. The summed E-state index contributed by atoms with van der Waals surface area (Å²) in [6.45, 7) is 2.08. The van der Waals surface area contributed by atoms with Crippen LogP contribution in [0.2, 0.25) is 0 Å². The van der Waals surface area contributed by atoms with Crippen molar-refractivity contribution in [3.05, 3.63) is 11.0 Å². The van der Waals surface area contributed by atoms with Crippen LogP contribution in [-0.4, -0.2) is 20.4 Å². The predicted octanol–water partition coefficient (Wildman–Crippen LogP) is 2.28. The Morgan fingerprint density at radius 2 is 2.40 bits per heavy atom. The van der Waals surface area contributed by atoms with Crippen molar-refractivity contribution in [2.45, 2.75) is 13.3 Å². The maximum absolute atomic E-state index is 4.88. The van der Waals surface area contributed by atoms with E-state index in [-0.39, 0.29) is 0 Å². The van der Waals surface area contributed by atoms with Gasteiger partial charge in [-0.25, -0.2) is 0 Å². The second-order valence-corrected chi connectivity index (χ2v) is 2.67. The summed E-state index contributed by atoms with van der Waals surface area (Å²) in [6, 6.07) is 0. The van der Waals surface area contributed by atoms with E-state index in [9.17, 15) is 0 Å². The van der Waals surface area contributed by atoms with Gasteiger partial charge >= 0.3 is 0 Å². The average molecular weight is 159 g/mol. The molecule has 0 aromatic rings. The minimum Gasteiger partial charge on any atom is -0.314 e. The standard InChI is InChI=1S/C7H13NOS/c1-4-7(10-9-3)5-6-8-2/h5-6H,4H2,1-3H3/b7-5+,8-6?. The van der Waals surface area contributed by atoms with E-state index in [0.717, 1.165) is 6.42 Å². The molecule has 0 amide bonds. The van der Waals surface area contributed by atoms with Gasteiger partial charge in [-0.05, 0) is 12.5 Å². The van der Waals surface area contributed by atoms with Gasteiger partial charge in [-0.15, -0.1) is 0 Å². The molecule has 58 valence electrons. The Labute approximate surface area is 66.6 Å². The van der Waals surface area contributed by atoms with E-state index in [1.165, 1.54) is 16.9 Å². The number of aliphatic imine (C=N–C) groups is 1. The van der Waals surface area contributed by atoms with Crippen molar-refractivity contribution in [2.24, 2.45) is 4.99 Å². The molecule has 0 aliphatic rings. The molecule has 3 heteroatoms. The molecule has 0 fully saturated rings. The van der Waals surface area contributed by atoms with Gasteiger partial charge in [-0.1, -0.05) is 6.92 Å². The lowest BCUT2D eigenvalue weighted by atomic mass is 10.4. The van der Waals surface area contributed by atoms with Crippen LogP contribution in [0.15, 0.2) is 16.0 Å². The van der Waals surface area contributed by atoms with Crippen LogP contribution in [-0.2, 0) is 4.18 Å². The van der Waals surface area contributed by atoms with Crippen LogP contribution in [0.25, 0.3) is 0 Å². The molecule has 0 rings (SSSR count). The predicted molar refractivity (Wildman–Crippen MR) is 47.4 cm³/mol. The Balaban J connectivity index is 3.78. The molecule has 0 saturated heterocycles. The van der Waals surface area contributed by atoms with Gasteiger partial charge in [0.05, 0.1) is 7.11 Å². The molecule has 0 radical (unpaired) electrons. The SMILES string of the molecule is CC/C(=C\C=NC)SOC. The molecule has 0 saturated carbocycles. The molecule has 0 unspecified atom stereocenters. The van der Waals surface area contributed by atoms with Gasteiger partial charge in [0.25, 0.3) is 0 Å². The molecule has 0 spiro atoms. The lowest BCUT2D eigenvalue weighted by Gasteiger charge is -1.97. The molecule has 2 nitrogen and oxygen atoms in total. The molecule has 0 aromatic heterocycles. The minimum absolute atomic E-state index is 0.991.